The van der Waals surface area contributed by atoms with Gasteiger partial charge in [-0.1, -0.05) is 64.1 Å². The van der Waals surface area contributed by atoms with Gasteiger partial charge in [0, 0.05) is 23.9 Å². The molecule has 4 rings (SSSR count). The fourth-order valence-corrected chi connectivity index (χ4v) is 3.78. The Bertz CT molecular complexity index is 1310. The van der Waals surface area contributed by atoms with Crippen LogP contribution < -0.4 is 16.4 Å². The lowest BCUT2D eigenvalue weighted by Crippen LogP contribution is -2.07. The summed E-state index contributed by atoms with van der Waals surface area (Å²) >= 11 is 0. The SMILES string of the molecule is CC(C)CCNc1c(N)cnc2ccccc12.CC(C)CCNc1c([N+](=O)[O-])cnc2ccccc12. The molecule has 4 aromatic rings. The number of anilines is 3. The van der Waals surface area contributed by atoms with Crippen molar-refractivity contribution in [1.29, 1.82) is 0 Å². The van der Waals surface area contributed by atoms with Crippen molar-refractivity contribution < 1.29 is 4.92 Å². The van der Waals surface area contributed by atoms with Crippen molar-refractivity contribution in [3.63, 3.8) is 0 Å². The molecule has 2 aromatic heterocycles. The number of benzene rings is 2. The van der Waals surface area contributed by atoms with E-state index in [2.05, 4.69) is 54.4 Å². The first-order valence-electron chi connectivity index (χ1n) is 12.4. The lowest BCUT2D eigenvalue weighted by Gasteiger charge is -2.13. The Kier molecular flexibility index (Phi) is 9.39. The van der Waals surface area contributed by atoms with E-state index in [-0.39, 0.29) is 5.69 Å². The summed E-state index contributed by atoms with van der Waals surface area (Å²) in [6.45, 7) is 10.3. The molecule has 2 heterocycles. The first-order valence-corrected chi connectivity index (χ1v) is 12.4. The minimum Gasteiger partial charge on any atom is -0.396 e. The summed E-state index contributed by atoms with van der Waals surface area (Å²) in [4.78, 5) is 19.1. The maximum absolute atomic E-state index is 11.1. The highest BCUT2D eigenvalue weighted by molar-refractivity contribution is 5.97. The van der Waals surface area contributed by atoms with E-state index in [1.54, 1.807) is 6.20 Å². The summed E-state index contributed by atoms with van der Waals surface area (Å²) in [6, 6.07) is 15.5. The van der Waals surface area contributed by atoms with E-state index in [9.17, 15) is 10.1 Å². The molecule has 8 nitrogen and oxygen atoms in total. The summed E-state index contributed by atoms with van der Waals surface area (Å²) < 4.78 is 0. The van der Waals surface area contributed by atoms with Crippen LogP contribution in [0.3, 0.4) is 0 Å². The highest BCUT2D eigenvalue weighted by atomic mass is 16.6. The van der Waals surface area contributed by atoms with Crippen LogP contribution in [0, 0.1) is 22.0 Å². The third kappa shape index (κ3) is 7.04. The van der Waals surface area contributed by atoms with Gasteiger partial charge in [-0.25, -0.2) is 4.98 Å². The fourth-order valence-electron chi connectivity index (χ4n) is 3.78. The second-order valence-electron chi connectivity index (χ2n) is 9.62. The smallest absolute Gasteiger partial charge is 0.311 e. The average molecular weight is 489 g/mol. The number of hydrogen-bond acceptors (Lipinski definition) is 7. The number of nitro groups is 1. The number of para-hydroxylation sites is 2. The van der Waals surface area contributed by atoms with Gasteiger partial charge in [-0.15, -0.1) is 0 Å². The van der Waals surface area contributed by atoms with Crippen molar-refractivity contribution in [3.8, 4) is 0 Å². The Morgan fingerprint density at radius 3 is 1.81 bits per heavy atom. The zero-order chi connectivity index (χ0) is 26.1. The van der Waals surface area contributed by atoms with Crippen molar-refractivity contribution in [2.24, 2.45) is 11.8 Å². The van der Waals surface area contributed by atoms with Crippen LogP contribution in [0.2, 0.25) is 0 Å². The van der Waals surface area contributed by atoms with Crippen LogP contribution in [0.1, 0.15) is 40.5 Å². The number of nitrogen functional groups attached to an aromatic ring is 1. The molecule has 36 heavy (non-hydrogen) atoms. The second kappa shape index (κ2) is 12.7. The number of pyridine rings is 2. The minimum absolute atomic E-state index is 0.0301. The molecule has 0 atom stereocenters. The highest BCUT2D eigenvalue weighted by Gasteiger charge is 2.17. The van der Waals surface area contributed by atoms with Gasteiger partial charge in [0.1, 0.15) is 11.9 Å². The molecule has 0 unspecified atom stereocenters. The molecule has 0 radical (unpaired) electrons. The predicted octanol–water partition coefficient (Wildman–Crippen LogP) is 6.88. The zero-order valence-corrected chi connectivity index (χ0v) is 21.5. The largest absolute Gasteiger partial charge is 0.396 e. The standard InChI is InChI=1S/C14H17N3O2.C14H19N3/c1-10(2)7-8-15-14-11-5-3-4-6-12(11)16-9-13(14)17(18)19;1-10(2)7-8-16-14-11-5-3-4-6-13(11)17-9-12(14)15/h3-6,9-10H,7-8H2,1-2H3,(H,15,16);3-6,9-10H,7-8,15H2,1-2H3,(H,16,17). The van der Waals surface area contributed by atoms with Crippen LogP contribution >= 0.6 is 0 Å². The molecule has 0 saturated heterocycles. The zero-order valence-electron chi connectivity index (χ0n) is 21.5. The number of fused-ring (bicyclic) bond motifs is 2. The predicted molar refractivity (Wildman–Crippen MR) is 150 cm³/mol. The Morgan fingerprint density at radius 2 is 1.28 bits per heavy atom. The Labute approximate surface area is 212 Å². The van der Waals surface area contributed by atoms with Gasteiger partial charge >= 0.3 is 5.69 Å². The van der Waals surface area contributed by atoms with E-state index < -0.39 is 4.92 Å². The fraction of sp³-hybridized carbons (Fsp3) is 0.357. The molecule has 0 aliphatic rings. The summed E-state index contributed by atoms with van der Waals surface area (Å²) in [7, 11) is 0. The molecular formula is C28H36N6O2. The van der Waals surface area contributed by atoms with E-state index in [0.29, 0.717) is 29.8 Å². The maximum atomic E-state index is 11.1. The number of nitrogens with one attached hydrogen (secondary N) is 2. The van der Waals surface area contributed by atoms with Gasteiger partial charge in [0.2, 0.25) is 0 Å². The van der Waals surface area contributed by atoms with Crippen molar-refractivity contribution in [1.82, 2.24) is 9.97 Å². The van der Waals surface area contributed by atoms with Crippen LogP contribution in [-0.4, -0.2) is 28.0 Å². The van der Waals surface area contributed by atoms with E-state index in [0.717, 1.165) is 46.9 Å². The molecule has 0 fully saturated rings. The van der Waals surface area contributed by atoms with Gasteiger partial charge in [0.05, 0.1) is 33.5 Å². The van der Waals surface area contributed by atoms with Gasteiger partial charge in [0.25, 0.3) is 0 Å². The van der Waals surface area contributed by atoms with Crippen molar-refractivity contribution in [2.75, 3.05) is 29.5 Å². The maximum Gasteiger partial charge on any atom is 0.311 e. The second-order valence-corrected chi connectivity index (χ2v) is 9.62. The minimum atomic E-state index is -0.392. The highest BCUT2D eigenvalue weighted by Crippen LogP contribution is 2.31. The van der Waals surface area contributed by atoms with Gasteiger partial charge in [-0.2, -0.15) is 0 Å². The van der Waals surface area contributed by atoms with Crippen LogP contribution in [-0.2, 0) is 0 Å². The van der Waals surface area contributed by atoms with E-state index in [1.165, 1.54) is 6.20 Å². The van der Waals surface area contributed by atoms with Crippen LogP contribution in [0.5, 0.6) is 0 Å². The van der Waals surface area contributed by atoms with E-state index >= 15 is 0 Å². The van der Waals surface area contributed by atoms with Gasteiger partial charge < -0.3 is 16.4 Å². The molecule has 0 saturated carbocycles. The molecule has 0 aliphatic heterocycles. The van der Waals surface area contributed by atoms with Gasteiger partial charge in [-0.3, -0.25) is 15.1 Å². The average Bonchev–Trinajstić information content (AvgIpc) is 2.85. The van der Waals surface area contributed by atoms with E-state index in [4.69, 9.17) is 5.73 Å². The Morgan fingerprint density at radius 1 is 0.806 bits per heavy atom. The quantitative estimate of drug-likeness (QED) is 0.174. The van der Waals surface area contributed by atoms with E-state index in [1.807, 2.05) is 42.5 Å². The molecule has 0 spiro atoms. The van der Waals surface area contributed by atoms with Crippen LogP contribution in [0.4, 0.5) is 22.7 Å². The lowest BCUT2D eigenvalue weighted by molar-refractivity contribution is -0.384. The molecule has 2 aromatic carbocycles. The monoisotopic (exact) mass is 488 g/mol. The topological polar surface area (TPSA) is 119 Å². The molecule has 8 heteroatoms. The lowest BCUT2D eigenvalue weighted by atomic mass is 10.1. The normalized spacial score (nSPS) is 10.9. The molecule has 190 valence electrons. The number of nitrogens with zero attached hydrogens (tertiary/aromatic N) is 3. The molecule has 0 aliphatic carbocycles. The first kappa shape index (κ1) is 26.7. The number of aromatic nitrogens is 2. The van der Waals surface area contributed by atoms with Gasteiger partial charge in [-0.05, 0) is 36.8 Å². The van der Waals surface area contributed by atoms with Crippen molar-refractivity contribution in [3.05, 3.63) is 71.0 Å². The van der Waals surface area contributed by atoms with Gasteiger partial charge in [0.15, 0.2) is 0 Å². The van der Waals surface area contributed by atoms with Crippen LogP contribution in [0.15, 0.2) is 60.9 Å². The summed E-state index contributed by atoms with van der Waals surface area (Å²) in [5, 5.41) is 19.6. The number of nitrogens with two attached hydrogens (primary N) is 1. The van der Waals surface area contributed by atoms with Crippen molar-refractivity contribution in [2.45, 2.75) is 40.5 Å². The molecule has 0 bridgehead atoms. The third-order valence-corrected chi connectivity index (χ3v) is 5.80. The number of hydrogen-bond donors (Lipinski definition) is 3. The summed E-state index contributed by atoms with van der Waals surface area (Å²) in [5.74, 6) is 1.25. The van der Waals surface area contributed by atoms with Crippen LogP contribution in [0.25, 0.3) is 21.8 Å². The Hall–Kier alpha value is -3.94. The molecular weight excluding hydrogens is 452 g/mol. The Balaban J connectivity index is 0.000000202. The summed E-state index contributed by atoms with van der Waals surface area (Å²) in [6.07, 6.45) is 5.14. The van der Waals surface area contributed by atoms with Crippen molar-refractivity contribution >= 4 is 44.6 Å². The number of rotatable bonds is 9. The molecule has 4 N–H and O–H groups in total. The third-order valence-electron chi connectivity index (χ3n) is 5.80. The summed E-state index contributed by atoms with van der Waals surface area (Å²) in [5.41, 5.74) is 10.0. The first-order chi connectivity index (χ1) is 17.3. The molecule has 0 amide bonds.